The minimum absolute atomic E-state index is 0.166. The van der Waals surface area contributed by atoms with Gasteiger partial charge in [-0.2, -0.15) is 0 Å². The Morgan fingerprint density at radius 1 is 1.26 bits per heavy atom. The lowest BCUT2D eigenvalue weighted by atomic mass is 10.0. The molecule has 4 unspecified atom stereocenters. The van der Waals surface area contributed by atoms with Crippen LogP contribution in [0.4, 0.5) is 4.39 Å². The summed E-state index contributed by atoms with van der Waals surface area (Å²) in [7, 11) is 1.56. The zero-order chi connectivity index (χ0) is 13.0. The lowest BCUT2D eigenvalue weighted by Gasteiger charge is -2.11. The first kappa shape index (κ1) is 11.7. The molecular weight excluding hydrogens is 241 g/mol. The van der Waals surface area contributed by atoms with Crippen LogP contribution in [0, 0.1) is 29.5 Å². The van der Waals surface area contributed by atoms with Crippen molar-refractivity contribution in [1.29, 1.82) is 0 Å². The van der Waals surface area contributed by atoms with Crippen LogP contribution in [0.2, 0.25) is 0 Å². The average Bonchev–Trinajstić information content (AvgIpc) is 2.81. The summed E-state index contributed by atoms with van der Waals surface area (Å²) in [6, 6.07) is 5.78. The number of fused-ring (bicyclic) bond motifs is 5. The molecule has 0 heterocycles. The Hall–Kier alpha value is -1.09. The Bertz CT molecular complexity index is 488. The van der Waals surface area contributed by atoms with E-state index in [2.05, 4.69) is 5.32 Å². The van der Waals surface area contributed by atoms with Crippen molar-refractivity contribution in [3.8, 4) is 5.75 Å². The number of benzene rings is 1. The topological polar surface area (TPSA) is 21.3 Å². The van der Waals surface area contributed by atoms with Gasteiger partial charge in [0.1, 0.15) is 11.6 Å². The fourth-order valence-corrected chi connectivity index (χ4v) is 4.62. The normalized spacial score (nSPS) is 38.3. The summed E-state index contributed by atoms with van der Waals surface area (Å²) in [5.74, 6) is 4.16. The van der Waals surface area contributed by atoms with Crippen molar-refractivity contribution in [2.24, 2.45) is 23.7 Å². The van der Waals surface area contributed by atoms with Crippen molar-refractivity contribution >= 4 is 0 Å². The second-order valence-corrected chi connectivity index (χ2v) is 6.35. The molecule has 0 aliphatic heterocycles. The highest BCUT2D eigenvalue weighted by Gasteiger charge is 2.64. The van der Waals surface area contributed by atoms with Crippen molar-refractivity contribution in [2.45, 2.75) is 31.8 Å². The van der Waals surface area contributed by atoms with Crippen LogP contribution in [0.15, 0.2) is 18.2 Å². The molecule has 3 aliphatic rings. The highest BCUT2D eigenvalue weighted by atomic mass is 19.1. The molecule has 4 atom stereocenters. The monoisotopic (exact) mass is 261 g/mol. The summed E-state index contributed by atoms with van der Waals surface area (Å²) >= 11 is 0. The van der Waals surface area contributed by atoms with Crippen LogP contribution in [-0.2, 0) is 6.54 Å². The van der Waals surface area contributed by atoms with Gasteiger partial charge in [0.25, 0.3) is 0 Å². The number of ether oxygens (including phenoxy) is 1. The second-order valence-electron chi connectivity index (χ2n) is 6.35. The molecule has 1 aromatic rings. The maximum absolute atomic E-state index is 13.8. The molecule has 2 bridgehead atoms. The summed E-state index contributed by atoms with van der Waals surface area (Å²) in [4.78, 5) is 0. The third-order valence-corrected chi connectivity index (χ3v) is 5.52. The van der Waals surface area contributed by atoms with Crippen LogP contribution in [-0.4, -0.2) is 13.2 Å². The van der Waals surface area contributed by atoms with Gasteiger partial charge in [-0.3, -0.25) is 0 Å². The van der Waals surface area contributed by atoms with E-state index < -0.39 is 0 Å². The zero-order valence-electron chi connectivity index (χ0n) is 11.2. The van der Waals surface area contributed by atoms with Crippen LogP contribution in [0.3, 0.4) is 0 Å². The summed E-state index contributed by atoms with van der Waals surface area (Å²) in [6.45, 7) is 0.646. The smallest absolute Gasteiger partial charge is 0.131 e. The first-order valence-electron chi connectivity index (χ1n) is 7.33. The van der Waals surface area contributed by atoms with Crippen LogP contribution in [0.5, 0.6) is 5.75 Å². The fourth-order valence-electron chi connectivity index (χ4n) is 4.62. The van der Waals surface area contributed by atoms with E-state index in [1.54, 1.807) is 7.11 Å². The van der Waals surface area contributed by atoms with E-state index >= 15 is 0 Å². The molecule has 1 aromatic carbocycles. The third kappa shape index (κ3) is 1.78. The second kappa shape index (κ2) is 4.20. The van der Waals surface area contributed by atoms with E-state index in [4.69, 9.17) is 4.74 Å². The first-order chi connectivity index (χ1) is 9.28. The quantitative estimate of drug-likeness (QED) is 0.899. The van der Waals surface area contributed by atoms with Crippen LogP contribution in [0.25, 0.3) is 0 Å². The van der Waals surface area contributed by atoms with Crippen LogP contribution in [0.1, 0.15) is 24.8 Å². The largest absolute Gasteiger partial charge is 0.497 e. The summed E-state index contributed by atoms with van der Waals surface area (Å²) in [5, 5.41) is 3.57. The molecule has 102 valence electrons. The minimum Gasteiger partial charge on any atom is -0.497 e. The summed E-state index contributed by atoms with van der Waals surface area (Å²) < 4.78 is 18.9. The fraction of sp³-hybridized carbons (Fsp3) is 0.625. The van der Waals surface area contributed by atoms with Gasteiger partial charge in [-0.25, -0.2) is 4.39 Å². The van der Waals surface area contributed by atoms with E-state index in [1.807, 2.05) is 12.1 Å². The molecule has 0 spiro atoms. The van der Waals surface area contributed by atoms with E-state index in [0.29, 0.717) is 18.3 Å². The molecular formula is C16H20FNO. The van der Waals surface area contributed by atoms with E-state index in [-0.39, 0.29) is 5.82 Å². The first-order valence-corrected chi connectivity index (χ1v) is 7.33. The van der Waals surface area contributed by atoms with Crippen LogP contribution >= 0.6 is 0 Å². The molecule has 0 saturated heterocycles. The molecule has 3 fully saturated rings. The molecule has 0 aromatic heterocycles. The predicted molar refractivity (Wildman–Crippen MR) is 71.4 cm³/mol. The third-order valence-electron chi connectivity index (χ3n) is 5.52. The maximum Gasteiger partial charge on any atom is 0.131 e. The Labute approximate surface area is 113 Å². The van der Waals surface area contributed by atoms with E-state index in [9.17, 15) is 4.39 Å². The van der Waals surface area contributed by atoms with Crippen molar-refractivity contribution in [2.75, 3.05) is 7.11 Å². The number of halogens is 1. The Morgan fingerprint density at radius 2 is 2.00 bits per heavy atom. The molecule has 3 aliphatic carbocycles. The Morgan fingerprint density at radius 3 is 2.63 bits per heavy atom. The average molecular weight is 261 g/mol. The van der Waals surface area contributed by atoms with Gasteiger partial charge in [-0.15, -0.1) is 0 Å². The Balaban J connectivity index is 1.39. The number of methoxy groups -OCH3 is 1. The van der Waals surface area contributed by atoms with Gasteiger partial charge < -0.3 is 10.1 Å². The number of hydrogen-bond acceptors (Lipinski definition) is 2. The van der Waals surface area contributed by atoms with Gasteiger partial charge in [-0.1, -0.05) is 6.07 Å². The minimum atomic E-state index is -0.166. The van der Waals surface area contributed by atoms with Gasteiger partial charge >= 0.3 is 0 Å². The molecule has 0 amide bonds. The van der Waals surface area contributed by atoms with Crippen molar-refractivity contribution in [1.82, 2.24) is 5.32 Å². The number of nitrogens with one attached hydrogen (secondary N) is 1. The molecule has 4 rings (SSSR count). The maximum atomic E-state index is 13.8. The Kier molecular flexibility index (Phi) is 2.59. The van der Waals surface area contributed by atoms with Gasteiger partial charge in [-0.05, 0) is 49.0 Å². The molecule has 1 N–H and O–H groups in total. The van der Waals surface area contributed by atoms with Crippen LogP contribution < -0.4 is 10.1 Å². The summed E-state index contributed by atoms with van der Waals surface area (Å²) in [6.07, 6.45) is 4.33. The lowest BCUT2D eigenvalue weighted by molar-refractivity contribution is 0.410. The lowest BCUT2D eigenvalue weighted by Crippen LogP contribution is -2.23. The molecule has 3 heteroatoms. The standard InChI is InChI=1S/C16H20FNO/c1-19-12-5-4-11(13(17)7-12)8-18-16-14-9-2-3-10(6-9)15(14)16/h4-5,7,9-10,14-16,18H,2-3,6,8H2,1H3. The number of hydrogen-bond donors (Lipinski definition) is 1. The van der Waals surface area contributed by atoms with Crippen molar-refractivity contribution < 1.29 is 9.13 Å². The highest BCUT2D eigenvalue weighted by Crippen LogP contribution is 2.65. The van der Waals surface area contributed by atoms with Crippen molar-refractivity contribution in [3.63, 3.8) is 0 Å². The van der Waals surface area contributed by atoms with E-state index in [1.165, 1.54) is 25.3 Å². The zero-order valence-corrected chi connectivity index (χ0v) is 11.2. The molecule has 3 saturated carbocycles. The molecule has 19 heavy (non-hydrogen) atoms. The van der Waals surface area contributed by atoms with Crippen molar-refractivity contribution in [3.05, 3.63) is 29.6 Å². The van der Waals surface area contributed by atoms with E-state index in [0.717, 1.165) is 29.2 Å². The van der Waals surface area contributed by atoms with Gasteiger partial charge in [0.15, 0.2) is 0 Å². The molecule has 2 nitrogen and oxygen atoms in total. The summed E-state index contributed by atoms with van der Waals surface area (Å²) in [5.41, 5.74) is 0.748. The van der Waals surface area contributed by atoms with Gasteiger partial charge in [0, 0.05) is 24.2 Å². The van der Waals surface area contributed by atoms with Gasteiger partial charge in [0.2, 0.25) is 0 Å². The van der Waals surface area contributed by atoms with Gasteiger partial charge in [0.05, 0.1) is 7.11 Å². The SMILES string of the molecule is COc1ccc(CNC2C3C4CCC(C4)C23)c(F)c1. The predicted octanol–water partition coefficient (Wildman–Crippen LogP) is 2.97. The highest BCUT2D eigenvalue weighted by molar-refractivity contribution is 5.29. The molecule has 0 radical (unpaired) electrons. The number of rotatable bonds is 4.